The van der Waals surface area contributed by atoms with E-state index in [1.54, 1.807) is 24.5 Å². The van der Waals surface area contributed by atoms with E-state index in [2.05, 4.69) is 10.3 Å². The van der Waals surface area contributed by atoms with Gasteiger partial charge in [-0.25, -0.2) is 0 Å². The molecule has 0 radical (unpaired) electrons. The zero-order valence-corrected chi connectivity index (χ0v) is 23.1. The van der Waals surface area contributed by atoms with E-state index in [1.807, 2.05) is 48.5 Å². The summed E-state index contributed by atoms with van der Waals surface area (Å²) in [5, 5.41) is 3.22. The van der Waals surface area contributed by atoms with Gasteiger partial charge < -0.3 is 11.1 Å². The molecule has 0 saturated carbocycles. The summed E-state index contributed by atoms with van der Waals surface area (Å²) in [4.78, 5) is 30.4. The van der Waals surface area contributed by atoms with Crippen LogP contribution in [0.2, 0.25) is 0 Å². The Labute approximate surface area is 231 Å². The van der Waals surface area contributed by atoms with Crippen molar-refractivity contribution in [2.45, 2.75) is 42.0 Å². The smallest absolute Gasteiger partial charge is 0.225 e. The molecule has 2 aromatic carbocycles. The average molecular weight is 554 g/mol. The Balaban J connectivity index is 1.64. The molecule has 1 aromatic heterocycles. The van der Waals surface area contributed by atoms with Crippen LogP contribution in [-0.4, -0.2) is 37.7 Å². The first kappa shape index (κ1) is 28.1. The summed E-state index contributed by atoms with van der Waals surface area (Å²) in [5.41, 5.74) is 8.07. The van der Waals surface area contributed by atoms with E-state index in [0.717, 1.165) is 45.5 Å². The van der Waals surface area contributed by atoms with Crippen LogP contribution in [0.25, 0.3) is 0 Å². The third-order valence-corrected chi connectivity index (χ3v) is 8.10. The van der Waals surface area contributed by atoms with Crippen LogP contribution in [-0.2, 0) is 4.79 Å². The lowest BCUT2D eigenvalue weighted by Gasteiger charge is -2.14. The van der Waals surface area contributed by atoms with Crippen LogP contribution in [0.15, 0.2) is 82.8 Å². The van der Waals surface area contributed by atoms with Crippen molar-refractivity contribution in [3.05, 3.63) is 89.7 Å². The fourth-order valence-electron chi connectivity index (χ4n) is 3.25. The molecule has 0 fully saturated rings. The molecule has 0 amide bonds. The van der Waals surface area contributed by atoms with Gasteiger partial charge in [0.1, 0.15) is 10.8 Å². The molecule has 9 heteroatoms. The van der Waals surface area contributed by atoms with Crippen LogP contribution in [0.1, 0.15) is 47.7 Å². The Morgan fingerprint density at radius 1 is 0.944 bits per heavy atom. The summed E-state index contributed by atoms with van der Waals surface area (Å²) in [6.45, 7) is 2.22. The number of carbonyl (C=O) groups excluding carboxylic acids is 2. The molecule has 1 atom stereocenters. The van der Waals surface area contributed by atoms with Gasteiger partial charge in [0.05, 0.1) is 10.2 Å². The van der Waals surface area contributed by atoms with Crippen molar-refractivity contribution in [1.82, 2.24) is 10.3 Å². The lowest BCUT2D eigenvalue weighted by atomic mass is 10.1. The summed E-state index contributed by atoms with van der Waals surface area (Å²) >= 11 is 14.0. The number of thiocarbonyl (C=S) groups is 2. The Bertz CT molecular complexity index is 1230. The van der Waals surface area contributed by atoms with Crippen LogP contribution in [0.4, 0.5) is 0 Å². The molecule has 3 rings (SSSR count). The van der Waals surface area contributed by atoms with Gasteiger partial charge in [0.15, 0.2) is 0 Å². The Morgan fingerprint density at radius 2 is 1.61 bits per heavy atom. The Kier molecular flexibility index (Phi) is 11.2. The fourth-order valence-corrected chi connectivity index (χ4v) is 5.95. The van der Waals surface area contributed by atoms with Gasteiger partial charge in [0, 0.05) is 45.4 Å². The third kappa shape index (κ3) is 8.31. The quantitative estimate of drug-likeness (QED) is 0.173. The predicted molar refractivity (Wildman–Crippen MR) is 157 cm³/mol. The lowest BCUT2D eigenvalue weighted by molar-refractivity contribution is -0.118. The first-order valence-electron chi connectivity index (χ1n) is 11.4. The molecule has 186 valence electrons. The number of nitrogens with two attached hydrogens (primary N) is 1. The second kappa shape index (κ2) is 14.3. The number of aromatic nitrogens is 1. The number of hydrogen-bond donors (Lipinski definition) is 2. The molecule has 0 bridgehead atoms. The summed E-state index contributed by atoms with van der Waals surface area (Å²) in [5.74, 6) is 0.0156. The van der Waals surface area contributed by atoms with Crippen molar-refractivity contribution in [2.75, 3.05) is 6.54 Å². The maximum absolute atomic E-state index is 12.7. The molecule has 0 aliphatic heterocycles. The first-order chi connectivity index (χ1) is 17.4. The number of thioether (sulfide) groups is 2. The first-order valence-corrected chi connectivity index (χ1v) is 13.9. The number of unbranched alkanes of at least 4 members (excludes halogenated alkanes) is 1. The second-order valence-electron chi connectivity index (χ2n) is 7.98. The van der Waals surface area contributed by atoms with Crippen molar-refractivity contribution in [2.24, 2.45) is 5.73 Å². The van der Waals surface area contributed by atoms with Gasteiger partial charge in [-0.15, -0.1) is 0 Å². The molecule has 1 heterocycles. The zero-order chi connectivity index (χ0) is 25.9. The standard InChI is InChI=1S/C27H27N3O2S4/c1-18(31)22(28)12-6-7-16-30-25(33)20-10-2-4-13-23(20)36-27(34)21-11-3-5-14-24(21)35-26(32)19-9-8-15-29-17-19/h2-5,8-11,13-15,17,22H,6-7,12,16,28H2,1H3,(H,30,33)/t22-/m0/s1. The number of nitrogens with zero attached hydrogens (tertiary/aromatic N) is 1. The minimum absolute atomic E-state index is 0.0156. The summed E-state index contributed by atoms with van der Waals surface area (Å²) in [7, 11) is 0. The van der Waals surface area contributed by atoms with Gasteiger partial charge in [0.25, 0.3) is 0 Å². The van der Waals surface area contributed by atoms with Crippen molar-refractivity contribution in [3.8, 4) is 0 Å². The number of pyridine rings is 1. The average Bonchev–Trinajstić information content (AvgIpc) is 2.89. The minimum Gasteiger partial charge on any atom is -0.376 e. The van der Waals surface area contributed by atoms with Gasteiger partial charge in [-0.3, -0.25) is 14.6 Å². The highest BCUT2D eigenvalue weighted by Crippen LogP contribution is 2.33. The third-order valence-electron chi connectivity index (χ3n) is 5.29. The molecule has 0 saturated heterocycles. The van der Waals surface area contributed by atoms with E-state index in [9.17, 15) is 9.59 Å². The molecule has 3 N–H and O–H groups in total. The van der Waals surface area contributed by atoms with Gasteiger partial charge in [-0.05, 0) is 62.2 Å². The minimum atomic E-state index is -0.393. The topological polar surface area (TPSA) is 85.1 Å². The number of hydrogen-bond acceptors (Lipinski definition) is 8. The molecule has 0 aliphatic carbocycles. The number of nitrogens with one attached hydrogen (secondary N) is 1. The van der Waals surface area contributed by atoms with Gasteiger partial charge in [0.2, 0.25) is 5.12 Å². The zero-order valence-electron chi connectivity index (χ0n) is 19.8. The SMILES string of the molecule is CC(=O)[C@@H](N)CCCCNC(=S)c1ccccc1SC(=S)c1ccccc1SC(=O)c1cccnc1. The lowest BCUT2D eigenvalue weighted by Crippen LogP contribution is -2.28. The fraction of sp³-hybridized carbons (Fsp3) is 0.222. The van der Waals surface area contributed by atoms with Crippen LogP contribution < -0.4 is 11.1 Å². The number of ketones is 1. The maximum Gasteiger partial charge on any atom is 0.225 e. The molecule has 0 aliphatic rings. The van der Waals surface area contributed by atoms with E-state index in [4.69, 9.17) is 30.2 Å². The molecule has 0 unspecified atom stereocenters. The molecule has 36 heavy (non-hydrogen) atoms. The second-order valence-corrected chi connectivity index (χ2v) is 11.1. The van der Waals surface area contributed by atoms with Crippen molar-refractivity contribution < 1.29 is 9.59 Å². The predicted octanol–water partition coefficient (Wildman–Crippen LogP) is 5.83. The van der Waals surface area contributed by atoms with Gasteiger partial charge in [-0.1, -0.05) is 72.6 Å². The van der Waals surface area contributed by atoms with E-state index in [0.29, 0.717) is 27.7 Å². The van der Waals surface area contributed by atoms with E-state index >= 15 is 0 Å². The Morgan fingerprint density at radius 3 is 2.28 bits per heavy atom. The van der Waals surface area contributed by atoms with E-state index in [-0.39, 0.29) is 10.9 Å². The molecular weight excluding hydrogens is 527 g/mol. The molecule has 5 nitrogen and oxygen atoms in total. The highest BCUT2D eigenvalue weighted by atomic mass is 32.2. The van der Waals surface area contributed by atoms with Crippen molar-refractivity contribution >= 4 is 68.0 Å². The van der Waals surface area contributed by atoms with E-state index in [1.165, 1.54) is 18.7 Å². The van der Waals surface area contributed by atoms with Crippen LogP contribution >= 0.6 is 48.0 Å². The summed E-state index contributed by atoms with van der Waals surface area (Å²) in [6.07, 6.45) is 5.59. The number of Topliss-reactive ketones (excluding diaryl/α,β-unsaturated/α-hetero) is 1. The monoisotopic (exact) mass is 553 g/mol. The van der Waals surface area contributed by atoms with Crippen LogP contribution in [0, 0.1) is 0 Å². The number of rotatable bonds is 11. The molecule has 0 spiro atoms. The van der Waals surface area contributed by atoms with Gasteiger partial charge >= 0.3 is 0 Å². The summed E-state index contributed by atoms with van der Waals surface area (Å²) in [6, 6.07) is 18.6. The van der Waals surface area contributed by atoms with Crippen molar-refractivity contribution in [1.29, 1.82) is 0 Å². The van der Waals surface area contributed by atoms with Crippen LogP contribution in [0.5, 0.6) is 0 Å². The molecule has 3 aromatic rings. The maximum atomic E-state index is 12.7. The normalized spacial score (nSPS) is 11.5. The Hall–Kier alpha value is -2.43. The van der Waals surface area contributed by atoms with E-state index < -0.39 is 6.04 Å². The van der Waals surface area contributed by atoms with Gasteiger partial charge in [-0.2, -0.15) is 0 Å². The number of carbonyl (C=O) groups is 2. The number of benzene rings is 2. The summed E-state index contributed by atoms with van der Waals surface area (Å²) < 4.78 is 0.658. The largest absolute Gasteiger partial charge is 0.376 e. The van der Waals surface area contributed by atoms with Crippen LogP contribution in [0.3, 0.4) is 0 Å². The van der Waals surface area contributed by atoms with Crippen molar-refractivity contribution in [3.63, 3.8) is 0 Å². The highest BCUT2D eigenvalue weighted by molar-refractivity contribution is 8.24. The molecular formula is C27H27N3O2S4. The highest BCUT2D eigenvalue weighted by Gasteiger charge is 2.16.